The highest BCUT2D eigenvalue weighted by Crippen LogP contribution is 2.18. The molecule has 5 heteroatoms. The minimum Gasteiger partial charge on any atom is -0.398 e. The van der Waals surface area contributed by atoms with Crippen LogP contribution in [0.25, 0.3) is 0 Å². The second kappa shape index (κ2) is 5.38. The van der Waals surface area contributed by atoms with E-state index in [1.807, 2.05) is 0 Å². The summed E-state index contributed by atoms with van der Waals surface area (Å²) in [4.78, 5) is 11.8. The van der Waals surface area contributed by atoms with Crippen molar-refractivity contribution in [3.8, 4) is 0 Å². The van der Waals surface area contributed by atoms with Gasteiger partial charge in [0.2, 0.25) is 0 Å². The summed E-state index contributed by atoms with van der Waals surface area (Å²) in [5, 5.41) is 3.34. The van der Waals surface area contributed by atoms with Crippen molar-refractivity contribution < 1.29 is 9.53 Å². The van der Waals surface area contributed by atoms with Crippen molar-refractivity contribution in [1.29, 1.82) is 0 Å². The van der Waals surface area contributed by atoms with Crippen molar-refractivity contribution in [2.45, 2.75) is 18.9 Å². The molecule has 0 spiro atoms. The van der Waals surface area contributed by atoms with Gasteiger partial charge in [0, 0.05) is 23.9 Å². The van der Waals surface area contributed by atoms with Crippen LogP contribution in [0.4, 0.5) is 5.69 Å². The number of hydrogen-bond acceptors (Lipinski definition) is 3. The maximum Gasteiger partial charge on any atom is 0.253 e. The lowest BCUT2D eigenvalue weighted by Gasteiger charge is -2.11. The summed E-state index contributed by atoms with van der Waals surface area (Å²) in [7, 11) is 0. The number of nitrogens with two attached hydrogens (primary N) is 1. The van der Waals surface area contributed by atoms with Crippen molar-refractivity contribution in [3.05, 3.63) is 28.8 Å². The van der Waals surface area contributed by atoms with Crippen LogP contribution in [0.1, 0.15) is 23.2 Å². The zero-order valence-electron chi connectivity index (χ0n) is 9.41. The Morgan fingerprint density at radius 2 is 2.41 bits per heavy atom. The molecule has 1 fully saturated rings. The van der Waals surface area contributed by atoms with E-state index in [0.29, 0.717) is 22.8 Å². The molecule has 1 aliphatic rings. The Bertz CT molecular complexity index is 417. The molecule has 1 atom stereocenters. The zero-order valence-corrected chi connectivity index (χ0v) is 10.2. The molecule has 17 heavy (non-hydrogen) atoms. The zero-order chi connectivity index (χ0) is 12.3. The summed E-state index contributed by atoms with van der Waals surface area (Å²) >= 11 is 5.77. The van der Waals surface area contributed by atoms with E-state index in [0.717, 1.165) is 19.4 Å². The highest BCUT2D eigenvalue weighted by atomic mass is 35.5. The quantitative estimate of drug-likeness (QED) is 0.809. The van der Waals surface area contributed by atoms with Crippen LogP contribution in [0.5, 0.6) is 0 Å². The van der Waals surface area contributed by atoms with Crippen LogP contribution < -0.4 is 11.1 Å². The van der Waals surface area contributed by atoms with Crippen LogP contribution in [0.15, 0.2) is 18.2 Å². The van der Waals surface area contributed by atoms with Gasteiger partial charge in [-0.25, -0.2) is 0 Å². The smallest absolute Gasteiger partial charge is 0.253 e. The second-order valence-corrected chi connectivity index (χ2v) is 4.51. The number of rotatable bonds is 3. The second-order valence-electron chi connectivity index (χ2n) is 4.08. The van der Waals surface area contributed by atoms with E-state index in [1.54, 1.807) is 18.2 Å². The molecule has 2 rings (SSSR count). The van der Waals surface area contributed by atoms with E-state index in [-0.39, 0.29) is 12.0 Å². The standard InChI is InChI=1S/C12H15ClN2O2/c13-8-3-4-10(11(14)6-8)12(16)15-7-9-2-1-5-17-9/h3-4,6,9H,1-2,5,7,14H2,(H,15,16)/t9-/m1/s1. The Hall–Kier alpha value is -1.26. The summed E-state index contributed by atoms with van der Waals surface area (Å²) in [5.74, 6) is -0.185. The monoisotopic (exact) mass is 254 g/mol. The average Bonchev–Trinajstić information content (AvgIpc) is 2.78. The lowest BCUT2D eigenvalue weighted by molar-refractivity contribution is 0.0858. The highest BCUT2D eigenvalue weighted by molar-refractivity contribution is 6.31. The van der Waals surface area contributed by atoms with Gasteiger partial charge in [0.1, 0.15) is 0 Å². The molecule has 0 aromatic heterocycles. The number of hydrogen-bond donors (Lipinski definition) is 2. The third-order valence-electron chi connectivity index (χ3n) is 2.77. The Labute approximate surface area is 105 Å². The van der Waals surface area contributed by atoms with Gasteiger partial charge >= 0.3 is 0 Å². The maximum atomic E-state index is 11.8. The molecule has 1 saturated heterocycles. The fraction of sp³-hybridized carbons (Fsp3) is 0.417. The summed E-state index contributed by atoms with van der Waals surface area (Å²) in [6.45, 7) is 1.31. The molecule has 3 N–H and O–H groups in total. The molecular weight excluding hydrogens is 240 g/mol. The van der Waals surface area contributed by atoms with E-state index in [2.05, 4.69) is 5.32 Å². The molecule has 1 aromatic rings. The number of benzene rings is 1. The first-order valence-electron chi connectivity index (χ1n) is 5.61. The molecule has 92 valence electrons. The summed E-state index contributed by atoms with van der Waals surface area (Å²) in [6, 6.07) is 4.85. The summed E-state index contributed by atoms with van der Waals surface area (Å²) in [5.41, 5.74) is 6.57. The van der Waals surface area contributed by atoms with Crippen LogP contribution in [0.3, 0.4) is 0 Å². The third-order valence-corrected chi connectivity index (χ3v) is 3.01. The first-order chi connectivity index (χ1) is 8.16. The van der Waals surface area contributed by atoms with Crippen LogP contribution in [-0.4, -0.2) is 25.2 Å². The van der Waals surface area contributed by atoms with E-state index in [9.17, 15) is 4.79 Å². The summed E-state index contributed by atoms with van der Waals surface area (Å²) in [6.07, 6.45) is 2.19. The molecular formula is C12H15ClN2O2. The van der Waals surface area contributed by atoms with Crippen LogP contribution in [0.2, 0.25) is 5.02 Å². The van der Waals surface area contributed by atoms with Gasteiger partial charge in [0.15, 0.2) is 0 Å². The summed E-state index contributed by atoms with van der Waals surface area (Å²) < 4.78 is 5.42. The number of carbonyl (C=O) groups is 1. The van der Waals surface area contributed by atoms with E-state index < -0.39 is 0 Å². The number of carbonyl (C=O) groups excluding carboxylic acids is 1. The Morgan fingerprint density at radius 3 is 3.06 bits per heavy atom. The van der Waals surface area contributed by atoms with Gasteiger partial charge in [-0.05, 0) is 31.0 Å². The molecule has 0 saturated carbocycles. The number of nitrogens with one attached hydrogen (secondary N) is 1. The lowest BCUT2D eigenvalue weighted by Crippen LogP contribution is -2.32. The van der Waals surface area contributed by atoms with Gasteiger partial charge in [0.25, 0.3) is 5.91 Å². The number of halogens is 1. The van der Waals surface area contributed by atoms with Gasteiger partial charge in [-0.3, -0.25) is 4.79 Å². The van der Waals surface area contributed by atoms with Crippen molar-refractivity contribution in [3.63, 3.8) is 0 Å². The number of amides is 1. The molecule has 1 aliphatic heterocycles. The largest absolute Gasteiger partial charge is 0.398 e. The molecule has 1 aromatic carbocycles. The van der Waals surface area contributed by atoms with Crippen molar-refractivity contribution >= 4 is 23.2 Å². The minimum atomic E-state index is -0.185. The van der Waals surface area contributed by atoms with Gasteiger partial charge in [-0.15, -0.1) is 0 Å². The van der Waals surface area contributed by atoms with Gasteiger partial charge < -0.3 is 15.8 Å². The van der Waals surface area contributed by atoms with Gasteiger partial charge in [0.05, 0.1) is 11.7 Å². The third kappa shape index (κ3) is 3.11. The molecule has 1 amide bonds. The molecule has 0 bridgehead atoms. The predicted molar refractivity (Wildman–Crippen MR) is 67.2 cm³/mol. The van der Waals surface area contributed by atoms with Crippen molar-refractivity contribution in [2.75, 3.05) is 18.9 Å². The molecule has 0 aliphatic carbocycles. The fourth-order valence-corrected chi connectivity index (χ4v) is 2.03. The first kappa shape index (κ1) is 12.2. The number of nitrogen functional groups attached to an aromatic ring is 1. The van der Waals surface area contributed by atoms with Gasteiger partial charge in [-0.1, -0.05) is 11.6 Å². The van der Waals surface area contributed by atoms with Crippen molar-refractivity contribution in [1.82, 2.24) is 5.32 Å². The lowest BCUT2D eigenvalue weighted by atomic mass is 10.1. The molecule has 1 heterocycles. The average molecular weight is 255 g/mol. The van der Waals surface area contributed by atoms with Gasteiger partial charge in [-0.2, -0.15) is 0 Å². The first-order valence-corrected chi connectivity index (χ1v) is 5.99. The van der Waals surface area contributed by atoms with E-state index >= 15 is 0 Å². The predicted octanol–water partition coefficient (Wildman–Crippen LogP) is 1.83. The molecule has 0 unspecified atom stereocenters. The minimum absolute atomic E-state index is 0.132. The van der Waals surface area contributed by atoms with Crippen LogP contribution in [-0.2, 0) is 4.74 Å². The Morgan fingerprint density at radius 1 is 1.59 bits per heavy atom. The SMILES string of the molecule is Nc1cc(Cl)ccc1C(=O)NC[C@H]1CCCO1. The number of ether oxygens (including phenoxy) is 1. The van der Waals surface area contributed by atoms with E-state index in [4.69, 9.17) is 22.1 Å². The topological polar surface area (TPSA) is 64.4 Å². The van der Waals surface area contributed by atoms with Crippen LogP contribution >= 0.6 is 11.6 Å². The van der Waals surface area contributed by atoms with Crippen LogP contribution in [0, 0.1) is 0 Å². The Kier molecular flexibility index (Phi) is 3.86. The normalized spacial score (nSPS) is 19.2. The van der Waals surface area contributed by atoms with Crippen molar-refractivity contribution in [2.24, 2.45) is 0 Å². The molecule has 0 radical (unpaired) electrons. The molecule has 4 nitrogen and oxygen atoms in total. The Balaban J connectivity index is 1.94. The fourth-order valence-electron chi connectivity index (χ4n) is 1.85. The number of anilines is 1. The highest BCUT2D eigenvalue weighted by Gasteiger charge is 2.17. The maximum absolute atomic E-state index is 11.8. The van der Waals surface area contributed by atoms with E-state index in [1.165, 1.54) is 0 Å².